The molecule has 0 spiro atoms. The van der Waals surface area contributed by atoms with Gasteiger partial charge in [-0.05, 0) is 29.1 Å². The summed E-state index contributed by atoms with van der Waals surface area (Å²) in [7, 11) is 1.35. The molecule has 0 aromatic carbocycles. The maximum atomic E-state index is 12.5. The van der Waals surface area contributed by atoms with E-state index >= 15 is 0 Å². The Labute approximate surface area is 133 Å². The molecule has 5 nitrogen and oxygen atoms in total. The van der Waals surface area contributed by atoms with Crippen molar-refractivity contribution >= 4 is 23.2 Å². The minimum Gasteiger partial charge on any atom is -0.469 e. The van der Waals surface area contributed by atoms with Crippen LogP contribution in [-0.4, -0.2) is 35.4 Å². The number of rotatable bonds is 7. The van der Waals surface area contributed by atoms with Crippen molar-refractivity contribution < 1.29 is 14.3 Å². The summed E-state index contributed by atoms with van der Waals surface area (Å²) in [5.74, 6) is -0.313. The highest BCUT2D eigenvalue weighted by Gasteiger charge is 2.16. The number of amides is 1. The number of pyridine rings is 1. The van der Waals surface area contributed by atoms with Gasteiger partial charge in [0.25, 0.3) is 0 Å². The summed E-state index contributed by atoms with van der Waals surface area (Å²) in [5, 5.41) is 1.95. The molecule has 2 aromatic rings. The molecule has 0 saturated heterocycles. The van der Waals surface area contributed by atoms with Crippen molar-refractivity contribution in [2.24, 2.45) is 0 Å². The molecule has 0 aliphatic heterocycles. The van der Waals surface area contributed by atoms with Gasteiger partial charge in [-0.25, -0.2) is 0 Å². The molecule has 2 aromatic heterocycles. The van der Waals surface area contributed by atoms with Crippen LogP contribution in [0.4, 0.5) is 0 Å². The number of nitrogens with zero attached hydrogens (tertiary/aromatic N) is 2. The zero-order valence-corrected chi connectivity index (χ0v) is 13.2. The molecule has 0 aliphatic rings. The van der Waals surface area contributed by atoms with E-state index in [0.717, 1.165) is 10.4 Å². The van der Waals surface area contributed by atoms with Gasteiger partial charge in [0.1, 0.15) is 0 Å². The molecular formula is C16H18N2O3S. The third-order valence-corrected chi connectivity index (χ3v) is 4.07. The Balaban J connectivity index is 2.02. The highest BCUT2D eigenvalue weighted by molar-refractivity contribution is 7.10. The number of hydrogen-bond donors (Lipinski definition) is 0. The first-order chi connectivity index (χ1) is 10.7. The quantitative estimate of drug-likeness (QED) is 0.735. The summed E-state index contributed by atoms with van der Waals surface area (Å²) >= 11 is 1.55. The minimum atomic E-state index is -0.316. The van der Waals surface area contributed by atoms with Gasteiger partial charge < -0.3 is 9.64 Å². The average molecular weight is 318 g/mol. The van der Waals surface area contributed by atoms with Crippen LogP contribution in [0.5, 0.6) is 0 Å². The van der Waals surface area contributed by atoms with E-state index in [1.165, 1.54) is 7.11 Å². The Bertz CT molecular complexity index is 599. The molecule has 116 valence electrons. The van der Waals surface area contributed by atoms with E-state index < -0.39 is 0 Å². The lowest BCUT2D eigenvalue weighted by Gasteiger charge is -2.22. The molecule has 0 saturated carbocycles. The fraction of sp³-hybridized carbons (Fsp3) is 0.312. The molecule has 0 unspecified atom stereocenters. The molecule has 2 heterocycles. The van der Waals surface area contributed by atoms with Gasteiger partial charge in [0.2, 0.25) is 5.91 Å². The van der Waals surface area contributed by atoms with E-state index in [1.54, 1.807) is 28.6 Å². The predicted molar refractivity (Wildman–Crippen MR) is 84.3 cm³/mol. The van der Waals surface area contributed by atoms with Crippen LogP contribution in [0, 0.1) is 0 Å². The summed E-state index contributed by atoms with van der Waals surface area (Å²) in [6.07, 6.45) is 3.93. The lowest BCUT2D eigenvalue weighted by molar-refractivity contribution is -0.141. The van der Waals surface area contributed by atoms with Crippen LogP contribution < -0.4 is 0 Å². The zero-order valence-electron chi connectivity index (χ0n) is 12.4. The number of methoxy groups -OCH3 is 1. The van der Waals surface area contributed by atoms with Gasteiger partial charge >= 0.3 is 5.97 Å². The fourth-order valence-corrected chi connectivity index (χ4v) is 2.70. The lowest BCUT2D eigenvalue weighted by atomic mass is 10.2. The van der Waals surface area contributed by atoms with E-state index in [2.05, 4.69) is 9.72 Å². The Morgan fingerprint density at radius 2 is 2.05 bits per heavy atom. The van der Waals surface area contributed by atoms with Crippen LogP contribution in [0.2, 0.25) is 0 Å². The first-order valence-electron chi connectivity index (χ1n) is 6.95. The van der Waals surface area contributed by atoms with Crippen molar-refractivity contribution in [3.63, 3.8) is 0 Å². The van der Waals surface area contributed by atoms with Gasteiger partial charge in [0.15, 0.2) is 0 Å². The van der Waals surface area contributed by atoms with Crippen molar-refractivity contribution in [3.8, 4) is 0 Å². The van der Waals surface area contributed by atoms with Crippen LogP contribution in [0.3, 0.4) is 0 Å². The van der Waals surface area contributed by atoms with E-state index in [4.69, 9.17) is 0 Å². The predicted octanol–water partition coefficient (Wildman–Crippen LogP) is 2.28. The monoisotopic (exact) mass is 318 g/mol. The van der Waals surface area contributed by atoms with E-state index in [0.29, 0.717) is 19.5 Å². The minimum absolute atomic E-state index is 0.00293. The molecule has 0 radical (unpaired) electrons. The van der Waals surface area contributed by atoms with Gasteiger partial charge in [-0.15, -0.1) is 11.3 Å². The maximum Gasteiger partial charge on any atom is 0.307 e. The topological polar surface area (TPSA) is 59.5 Å². The maximum absolute atomic E-state index is 12.5. The Morgan fingerprint density at radius 1 is 1.27 bits per heavy atom. The Hall–Kier alpha value is -2.21. The number of carbonyl (C=O) groups excluding carboxylic acids is 2. The number of esters is 1. The summed E-state index contributed by atoms with van der Waals surface area (Å²) in [6.45, 7) is 0.808. The molecule has 2 rings (SSSR count). The number of ether oxygens (including phenoxy) is 1. The van der Waals surface area contributed by atoms with Gasteiger partial charge in [-0.1, -0.05) is 6.07 Å². The highest BCUT2D eigenvalue weighted by Crippen LogP contribution is 2.13. The molecule has 0 bridgehead atoms. The Morgan fingerprint density at radius 3 is 2.68 bits per heavy atom. The van der Waals surface area contributed by atoms with Crippen molar-refractivity contribution in [2.75, 3.05) is 13.7 Å². The summed E-state index contributed by atoms with van der Waals surface area (Å²) in [6, 6.07) is 7.59. The third-order valence-electron chi connectivity index (χ3n) is 3.19. The average Bonchev–Trinajstić information content (AvgIpc) is 3.04. The molecule has 6 heteroatoms. The van der Waals surface area contributed by atoms with Gasteiger partial charge in [-0.3, -0.25) is 14.6 Å². The number of hydrogen-bond acceptors (Lipinski definition) is 5. The van der Waals surface area contributed by atoms with Crippen molar-refractivity contribution in [3.05, 3.63) is 52.5 Å². The van der Waals surface area contributed by atoms with Crippen molar-refractivity contribution in [2.45, 2.75) is 19.4 Å². The van der Waals surface area contributed by atoms with Crippen molar-refractivity contribution in [1.29, 1.82) is 0 Å². The normalized spacial score (nSPS) is 10.2. The van der Waals surface area contributed by atoms with E-state index in [-0.39, 0.29) is 18.3 Å². The lowest BCUT2D eigenvalue weighted by Crippen LogP contribution is -2.33. The summed E-state index contributed by atoms with van der Waals surface area (Å²) in [4.78, 5) is 30.5. The standard InChI is InChI=1S/C16H18N2O3S/c1-21-16(20)6-9-18(12-13-4-7-17-8-5-13)15(19)11-14-3-2-10-22-14/h2-5,7-8,10H,6,9,11-12H2,1H3. The molecule has 1 amide bonds. The van der Waals surface area contributed by atoms with Crippen LogP contribution in [0.25, 0.3) is 0 Å². The number of aromatic nitrogens is 1. The highest BCUT2D eigenvalue weighted by atomic mass is 32.1. The Kier molecular flexibility index (Phi) is 6.09. The van der Waals surface area contributed by atoms with Gasteiger partial charge in [0, 0.05) is 30.4 Å². The second kappa shape index (κ2) is 8.29. The molecule has 0 atom stereocenters. The smallest absolute Gasteiger partial charge is 0.307 e. The molecule has 22 heavy (non-hydrogen) atoms. The largest absolute Gasteiger partial charge is 0.469 e. The van der Waals surface area contributed by atoms with Crippen LogP contribution in [0.15, 0.2) is 42.0 Å². The van der Waals surface area contributed by atoms with E-state index in [1.807, 2.05) is 29.6 Å². The number of thiophene rings is 1. The molecule has 0 aliphatic carbocycles. The van der Waals surface area contributed by atoms with Crippen LogP contribution in [-0.2, 0) is 27.3 Å². The molecular weight excluding hydrogens is 300 g/mol. The van der Waals surface area contributed by atoms with Crippen molar-refractivity contribution in [1.82, 2.24) is 9.88 Å². The van der Waals surface area contributed by atoms with Gasteiger partial charge in [-0.2, -0.15) is 0 Å². The van der Waals surface area contributed by atoms with Gasteiger partial charge in [0.05, 0.1) is 20.0 Å². The third kappa shape index (κ3) is 4.96. The zero-order chi connectivity index (χ0) is 15.8. The molecule has 0 fully saturated rings. The fourth-order valence-electron chi connectivity index (χ4n) is 2.00. The van der Waals surface area contributed by atoms with E-state index in [9.17, 15) is 9.59 Å². The van der Waals surface area contributed by atoms with Crippen LogP contribution in [0.1, 0.15) is 16.9 Å². The second-order valence-electron chi connectivity index (χ2n) is 4.75. The SMILES string of the molecule is COC(=O)CCN(Cc1ccncc1)C(=O)Cc1cccs1. The first kappa shape index (κ1) is 16.2. The summed E-state index contributed by atoms with van der Waals surface area (Å²) < 4.78 is 4.65. The summed E-state index contributed by atoms with van der Waals surface area (Å²) in [5.41, 5.74) is 0.986. The van der Waals surface area contributed by atoms with Crippen LogP contribution >= 0.6 is 11.3 Å². The second-order valence-corrected chi connectivity index (χ2v) is 5.79. The molecule has 0 N–H and O–H groups in total. The first-order valence-corrected chi connectivity index (χ1v) is 7.83. The number of carbonyl (C=O) groups is 2.